The summed E-state index contributed by atoms with van der Waals surface area (Å²) in [6.45, 7) is 7.30. The largest absolute Gasteiger partial charge is 0.495 e. The molecular formula is C35H53N7O2. The highest BCUT2D eigenvalue weighted by Gasteiger charge is 2.46. The lowest BCUT2D eigenvalue weighted by atomic mass is 9.84. The average Bonchev–Trinajstić information content (AvgIpc) is 3.17. The Morgan fingerprint density at radius 2 is 1.84 bits per heavy atom. The van der Waals surface area contributed by atoms with Crippen molar-refractivity contribution in [3.63, 3.8) is 0 Å². The Balaban J connectivity index is 1.52. The van der Waals surface area contributed by atoms with Crippen LogP contribution in [0.3, 0.4) is 0 Å². The maximum atomic E-state index is 12.6. The van der Waals surface area contributed by atoms with Crippen molar-refractivity contribution < 1.29 is 9.53 Å². The second-order valence-electron chi connectivity index (χ2n) is 13.1. The molecule has 240 valence electrons. The van der Waals surface area contributed by atoms with Crippen LogP contribution in [0.5, 0.6) is 5.75 Å². The van der Waals surface area contributed by atoms with E-state index in [-0.39, 0.29) is 5.91 Å². The van der Waals surface area contributed by atoms with E-state index in [1.54, 1.807) is 7.11 Å². The van der Waals surface area contributed by atoms with Gasteiger partial charge in [0.05, 0.1) is 24.2 Å². The van der Waals surface area contributed by atoms with Gasteiger partial charge in [-0.2, -0.15) is 0 Å². The molecule has 9 nitrogen and oxygen atoms in total. The first kappa shape index (κ1) is 32.1. The molecule has 44 heavy (non-hydrogen) atoms. The van der Waals surface area contributed by atoms with E-state index in [9.17, 15) is 4.79 Å². The second-order valence-corrected chi connectivity index (χ2v) is 13.1. The molecule has 2 aliphatic heterocycles. The van der Waals surface area contributed by atoms with E-state index in [2.05, 4.69) is 88.0 Å². The van der Waals surface area contributed by atoms with Crippen molar-refractivity contribution in [3.8, 4) is 5.75 Å². The first-order valence-electron chi connectivity index (χ1n) is 16.4. The number of nitrogens with zero attached hydrogens (tertiary/aromatic N) is 3. The highest BCUT2D eigenvalue weighted by atomic mass is 16.5. The zero-order valence-electron chi connectivity index (χ0n) is 27.4. The van der Waals surface area contributed by atoms with Crippen molar-refractivity contribution in [3.05, 3.63) is 54.6 Å². The minimum atomic E-state index is -0.519. The van der Waals surface area contributed by atoms with Crippen LogP contribution in [0.15, 0.2) is 49.1 Å². The zero-order chi connectivity index (χ0) is 31.3. The number of methoxy groups -OCH3 is 1. The van der Waals surface area contributed by atoms with Gasteiger partial charge in [0.2, 0.25) is 5.91 Å². The highest BCUT2D eigenvalue weighted by Crippen LogP contribution is 2.43. The monoisotopic (exact) mass is 603 g/mol. The number of carbonyl (C=O) groups excluding carboxylic acids is 1. The molecule has 9 heteroatoms. The molecule has 2 fully saturated rings. The predicted molar refractivity (Wildman–Crippen MR) is 183 cm³/mol. The van der Waals surface area contributed by atoms with Gasteiger partial charge in [-0.1, -0.05) is 50.5 Å². The number of nitrogens with one attached hydrogen (secondary N) is 4. The van der Waals surface area contributed by atoms with Crippen molar-refractivity contribution in [1.82, 2.24) is 15.5 Å². The maximum absolute atomic E-state index is 12.6. The number of anilines is 4. The number of rotatable bonds is 11. The van der Waals surface area contributed by atoms with Crippen molar-refractivity contribution in [1.29, 1.82) is 0 Å². The molecule has 3 atom stereocenters. The minimum absolute atomic E-state index is 0.236. The van der Waals surface area contributed by atoms with Gasteiger partial charge in [-0.15, -0.1) is 0 Å². The van der Waals surface area contributed by atoms with Crippen LogP contribution in [0.4, 0.5) is 22.7 Å². The maximum Gasteiger partial charge on any atom is 0.247 e. The number of fused-ring (bicyclic) bond motifs is 1. The molecule has 1 saturated heterocycles. The number of amides is 1. The summed E-state index contributed by atoms with van der Waals surface area (Å²) in [4.78, 5) is 19.3. The number of ether oxygens (including phenoxy) is 1. The van der Waals surface area contributed by atoms with Gasteiger partial charge in [0, 0.05) is 69.9 Å². The number of carbonyl (C=O) groups is 1. The first-order chi connectivity index (χ1) is 21.2. The van der Waals surface area contributed by atoms with Crippen LogP contribution in [-0.4, -0.2) is 84.1 Å². The lowest BCUT2D eigenvalue weighted by molar-refractivity contribution is -0.111. The molecule has 2 heterocycles. The Morgan fingerprint density at radius 1 is 1.09 bits per heavy atom. The van der Waals surface area contributed by atoms with Crippen molar-refractivity contribution in [2.45, 2.75) is 62.7 Å². The van der Waals surface area contributed by atoms with E-state index in [0.717, 1.165) is 68.3 Å². The van der Waals surface area contributed by atoms with E-state index in [4.69, 9.17) is 4.74 Å². The van der Waals surface area contributed by atoms with E-state index < -0.39 is 5.79 Å². The second kappa shape index (κ2) is 14.2. The number of hydrogen-bond donors (Lipinski definition) is 4. The fourth-order valence-corrected chi connectivity index (χ4v) is 7.40. The van der Waals surface area contributed by atoms with Crippen molar-refractivity contribution >= 4 is 28.7 Å². The number of benzene rings is 2. The summed E-state index contributed by atoms with van der Waals surface area (Å²) in [5.74, 6) is 0.787. The van der Waals surface area contributed by atoms with Gasteiger partial charge < -0.3 is 30.1 Å². The van der Waals surface area contributed by atoms with Crippen LogP contribution >= 0.6 is 0 Å². The number of likely N-dealkylation sites (N-methyl/N-ethyl adjacent to an activating group) is 3. The normalized spacial score (nSPS) is 24.0. The van der Waals surface area contributed by atoms with Gasteiger partial charge in [-0.3, -0.25) is 15.4 Å². The molecule has 5 rings (SSSR count). The Morgan fingerprint density at radius 3 is 2.55 bits per heavy atom. The van der Waals surface area contributed by atoms with Crippen LogP contribution in [0.1, 0.15) is 56.4 Å². The van der Waals surface area contributed by atoms with Crippen LogP contribution < -0.4 is 35.8 Å². The molecule has 1 saturated carbocycles. The summed E-state index contributed by atoms with van der Waals surface area (Å²) in [7, 11) is 10.1. The molecule has 1 aliphatic carbocycles. The Labute approximate surface area is 264 Å². The summed E-state index contributed by atoms with van der Waals surface area (Å²) in [6.07, 6.45) is 9.69. The fraction of sp³-hybridized carbons (Fsp3) is 0.571. The molecule has 2 aromatic carbocycles. The summed E-state index contributed by atoms with van der Waals surface area (Å²) in [6, 6.07) is 13.2. The first-order valence-corrected chi connectivity index (χ1v) is 16.4. The predicted octanol–water partition coefficient (Wildman–Crippen LogP) is 5.04. The molecular weight excluding hydrogens is 550 g/mol. The van der Waals surface area contributed by atoms with Gasteiger partial charge >= 0.3 is 0 Å². The zero-order valence-corrected chi connectivity index (χ0v) is 27.4. The lowest BCUT2D eigenvalue weighted by Crippen LogP contribution is -2.73. The van der Waals surface area contributed by atoms with Crippen LogP contribution in [0, 0.1) is 5.92 Å². The van der Waals surface area contributed by atoms with Crippen molar-refractivity contribution in [2.24, 2.45) is 5.92 Å². The van der Waals surface area contributed by atoms with Gasteiger partial charge in [0.15, 0.2) is 0 Å². The molecule has 2 aromatic rings. The van der Waals surface area contributed by atoms with E-state index >= 15 is 0 Å². The third-order valence-electron chi connectivity index (χ3n) is 9.83. The third kappa shape index (κ3) is 7.00. The molecule has 0 bridgehead atoms. The summed E-state index contributed by atoms with van der Waals surface area (Å²) >= 11 is 0. The van der Waals surface area contributed by atoms with E-state index in [1.807, 2.05) is 19.2 Å². The standard InChI is InChI=1S/C35H53N7O2/c1-7-34(43)37-29-22-30(33(44-6)23-32(29)41(4)21-20-40(2)3)39-35(25-14-10-8-9-11-15-25)36-19-18-28(38-35)27-24-42(5)31-17-13-12-16-26(27)31/h7,12-13,16-17,22-23,25,27-28,36,38-39H,1,8-11,14-15,18-21,24H2,2-6H3,(H,37,43). The molecule has 3 aliphatic rings. The quantitative estimate of drug-likeness (QED) is 0.210. The summed E-state index contributed by atoms with van der Waals surface area (Å²) in [5.41, 5.74) is 5.26. The molecule has 0 radical (unpaired) electrons. The summed E-state index contributed by atoms with van der Waals surface area (Å²) < 4.78 is 6.04. The Bertz CT molecular complexity index is 1290. The van der Waals surface area contributed by atoms with Crippen LogP contribution in [0.2, 0.25) is 0 Å². The minimum Gasteiger partial charge on any atom is -0.495 e. The van der Waals surface area contributed by atoms with Crippen molar-refractivity contribution in [2.75, 3.05) is 81.9 Å². The lowest BCUT2D eigenvalue weighted by Gasteiger charge is -2.50. The number of hydrogen-bond acceptors (Lipinski definition) is 8. The average molecular weight is 604 g/mol. The molecule has 0 aromatic heterocycles. The highest BCUT2D eigenvalue weighted by molar-refractivity contribution is 6.02. The molecule has 0 spiro atoms. The smallest absolute Gasteiger partial charge is 0.247 e. The summed E-state index contributed by atoms with van der Waals surface area (Å²) in [5, 5.41) is 15.2. The molecule has 1 amide bonds. The molecule has 4 N–H and O–H groups in total. The van der Waals surface area contributed by atoms with Gasteiger partial charge in [0.25, 0.3) is 0 Å². The SMILES string of the molecule is C=CC(=O)Nc1cc(NC2(C3CCCCCC3)NCCC(C3CN(C)c4ccccc43)N2)c(OC)cc1N(C)CCN(C)C. The van der Waals surface area contributed by atoms with Crippen LogP contribution in [0.25, 0.3) is 0 Å². The number of para-hydroxylation sites is 1. The Hall–Kier alpha value is -3.27. The van der Waals surface area contributed by atoms with Gasteiger partial charge in [-0.05, 0) is 57.1 Å². The van der Waals surface area contributed by atoms with Gasteiger partial charge in [0.1, 0.15) is 11.5 Å². The fourth-order valence-electron chi connectivity index (χ4n) is 7.40. The van der Waals surface area contributed by atoms with Crippen LogP contribution in [-0.2, 0) is 4.79 Å². The van der Waals surface area contributed by atoms with E-state index in [1.165, 1.54) is 43.0 Å². The topological polar surface area (TPSA) is 84.1 Å². The van der Waals surface area contributed by atoms with Gasteiger partial charge in [-0.25, -0.2) is 0 Å². The molecule has 3 unspecified atom stereocenters. The third-order valence-corrected chi connectivity index (χ3v) is 9.83. The van der Waals surface area contributed by atoms with E-state index in [0.29, 0.717) is 17.9 Å². The Kier molecular flexibility index (Phi) is 10.4.